The first-order valence-electron chi connectivity index (χ1n) is 13.9. The molecule has 2 aromatic carbocycles. The van der Waals surface area contributed by atoms with Crippen molar-refractivity contribution in [2.75, 3.05) is 6.61 Å². The van der Waals surface area contributed by atoms with Crippen molar-refractivity contribution in [1.82, 2.24) is 21.1 Å². The fourth-order valence-corrected chi connectivity index (χ4v) is 4.25. The molecular formula is C32H38N4O6. The van der Waals surface area contributed by atoms with Crippen molar-refractivity contribution in [3.05, 3.63) is 101 Å². The van der Waals surface area contributed by atoms with Gasteiger partial charge < -0.3 is 25.2 Å². The summed E-state index contributed by atoms with van der Waals surface area (Å²) in [6.45, 7) is 7.19. The number of hydrogen-bond acceptors (Lipinski definition) is 7. The number of ether oxygens (including phenoxy) is 1. The van der Waals surface area contributed by atoms with E-state index in [2.05, 4.69) is 21.1 Å². The number of aryl methyl sites for hydroxylation is 1. The molecule has 3 amide bonds. The summed E-state index contributed by atoms with van der Waals surface area (Å²) in [4.78, 5) is 52.0. The van der Waals surface area contributed by atoms with Crippen LogP contribution < -0.4 is 16.0 Å². The first-order chi connectivity index (χ1) is 20.2. The van der Waals surface area contributed by atoms with E-state index in [1.165, 1.54) is 12.1 Å². The van der Waals surface area contributed by atoms with E-state index in [9.17, 15) is 19.2 Å². The first-order valence-corrected chi connectivity index (χ1v) is 13.9. The number of rotatable bonds is 14. The van der Waals surface area contributed by atoms with Crippen molar-refractivity contribution >= 4 is 23.7 Å². The SMILES string of the molecule is CCOC(=O)/C=C/[C@H](Cc1ccccc1)NC(=O)[C@H](Cc1ccccc1)NC(=O)[C@@H](NC(=O)c1cc(C)on1)C(C)C. The molecule has 0 aliphatic heterocycles. The summed E-state index contributed by atoms with van der Waals surface area (Å²) in [5.74, 6) is -1.86. The van der Waals surface area contributed by atoms with Crippen molar-refractivity contribution < 1.29 is 28.4 Å². The van der Waals surface area contributed by atoms with Crippen LogP contribution in [0.3, 0.4) is 0 Å². The minimum Gasteiger partial charge on any atom is -0.463 e. The number of aromatic nitrogens is 1. The zero-order valence-corrected chi connectivity index (χ0v) is 24.3. The van der Waals surface area contributed by atoms with Gasteiger partial charge in [-0.2, -0.15) is 0 Å². The Morgan fingerprint density at radius 1 is 0.881 bits per heavy atom. The molecule has 42 heavy (non-hydrogen) atoms. The summed E-state index contributed by atoms with van der Waals surface area (Å²) < 4.78 is 9.98. The zero-order chi connectivity index (χ0) is 30.5. The van der Waals surface area contributed by atoms with Gasteiger partial charge in [0, 0.05) is 18.6 Å². The highest BCUT2D eigenvalue weighted by Gasteiger charge is 2.30. The summed E-state index contributed by atoms with van der Waals surface area (Å²) in [6, 6.07) is 17.8. The molecule has 0 saturated heterocycles. The van der Waals surface area contributed by atoms with E-state index in [0.717, 1.165) is 11.1 Å². The topological polar surface area (TPSA) is 140 Å². The van der Waals surface area contributed by atoms with Crippen LogP contribution in [0.25, 0.3) is 0 Å². The molecule has 10 nitrogen and oxygen atoms in total. The van der Waals surface area contributed by atoms with Gasteiger partial charge in [-0.1, -0.05) is 85.7 Å². The highest BCUT2D eigenvalue weighted by Crippen LogP contribution is 2.10. The lowest BCUT2D eigenvalue weighted by Gasteiger charge is -2.26. The van der Waals surface area contributed by atoms with Crippen LogP contribution in [-0.4, -0.2) is 53.6 Å². The van der Waals surface area contributed by atoms with Crippen LogP contribution in [0.5, 0.6) is 0 Å². The second-order valence-corrected chi connectivity index (χ2v) is 10.2. The molecule has 10 heteroatoms. The Kier molecular flexibility index (Phi) is 12.0. The van der Waals surface area contributed by atoms with Crippen LogP contribution in [-0.2, 0) is 32.0 Å². The van der Waals surface area contributed by atoms with Gasteiger partial charge in [0.05, 0.1) is 12.6 Å². The number of benzene rings is 2. The van der Waals surface area contributed by atoms with Crippen molar-refractivity contribution in [3.63, 3.8) is 0 Å². The molecule has 0 aliphatic carbocycles. The third-order valence-electron chi connectivity index (χ3n) is 6.39. The number of carbonyl (C=O) groups excluding carboxylic acids is 4. The summed E-state index contributed by atoms with van der Waals surface area (Å²) in [5.41, 5.74) is 1.84. The fraction of sp³-hybridized carbons (Fsp3) is 0.344. The Bertz CT molecular complexity index is 1350. The fourth-order valence-electron chi connectivity index (χ4n) is 4.25. The average molecular weight is 575 g/mol. The maximum atomic E-state index is 13.7. The van der Waals surface area contributed by atoms with Gasteiger partial charge in [0.1, 0.15) is 17.8 Å². The quantitative estimate of drug-likeness (QED) is 0.198. The standard InChI is InChI=1S/C32H38N4O6/c1-5-41-28(37)17-16-25(19-23-12-8-6-9-13-23)33-30(38)26(20-24-14-10-7-11-15-24)34-32(40)29(21(2)3)35-31(39)27-18-22(4)42-36-27/h6-18,21,25-26,29H,5,19-20H2,1-4H3,(H,33,38)(H,34,40)(H,35,39)/b17-16+/t25-,26+,29+/m1/s1. The van der Waals surface area contributed by atoms with Gasteiger partial charge in [-0.15, -0.1) is 0 Å². The van der Waals surface area contributed by atoms with Crippen LogP contribution in [0.1, 0.15) is 48.1 Å². The number of esters is 1. The number of carbonyl (C=O) groups is 4. The number of hydrogen-bond donors (Lipinski definition) is 3. The number of nitrogens with zero attached hydrogens (tertiary/aromatic N) is 1. The van der Waals surface area contributed by atoms with E-state index in [-0.39, 0.29) is 24.6 Å². The van der Waals surface area contributed by atoms with E-state index in [4.69, 9.17) is 9.26 Å². The zero-order valence-electron chi connectivity index (χ0n) is 24.3. The third-order valence-corrected chi connectivity index (χ3v) is 6.39. The second kappa shape index (κ2) is 15.9. The van der Waals surface area contributed by atoms with E-state index in [1.807, 2.05) is 60.7 Å². The van der Waals surface area contributed by atoms with Gasteiger partial charge in [0.2, 0.25) is 11.8 Å². The maximum absolute atomic E-state index is 13.7. The van der Waals surface area contributed by atoms with Gasteiger partial charge in [0.25, 0.3) is 5.91 Å². The van der Waals surface area contributed by atoms with Gasteiger partial charge in [-0.3, -0.25) is 14.4 Å². The maximum Gasteiger partial charge on any atom is 0.330 e. The molecule has 3 aromatic rings. The lowest BCUT2D eigenvalue weighted by Crippen LogP contribution is -2.57. The summed E-state index contributed by atoms with van der Waals surface area (Å²) in [5, 5.41) is 12.2. The smallest absolute Gasteiger partial charge is 0.330 e. The summed E-state index contributed by atoms with van der Waals surface area (Å²) in [6.07, 6.45) is 3.50. The summed E-state index contributed by atoms with van der Waals surface area (Å²) >= 11 is 0. The summed E-state index contributed by atoms with van der Waals surface area (Å²) in [7, 11) is 0. The molecule has 3 N–H and O–H groups in total. The van der Waals surface area contributed by atoms with Crippen molar-refractivity contribution in [2.24, 2.45) is 5.92 Å². The second-order valence-electron chi connectivity index (χ2n) is 10.2. The van der Waals surface area contributed by atoms with Crippen molar-refractivity contribution in [3.8, 4) is 0 Å². The van der Waals surface area contributed by atoms with E-state index in [0.29, 0.717) is 12.2 Å². The van der Waals surface area contributed by atoms with Gasteiger partial charge in [-0.25, -0.2) is 4.79 Å². The van der Waals surface area contributed by atoms with Crippen LogP contribution in [0.2, 0.25) is 0 Å². The van der Waals surface area contributed by atoms with Gasteiger partial charge in [-0.05, 0) is 37.3 Å². The highest BCUT2D eigenvalue weighted by molar-refractivity contribution is 5.97. The van der Waals surface area contributed by atoms with Crippen LogP contribution >= 0.6 is 0 Å². The molecule has 0 saturated carbocycles. The van der Waals surface area contributed by atoms with E-state index in [1.54, 1.807) is 33.8 Å². The van der Waals surface area contributed by atoms with Gasteiger partial charge >= 0.3 is 5.97 Å². The minimum atomic E-state index is -0.971. The molecule has 3 atom stereocenters. The van der Waals surface area contributed by atoms with Crippen molar-refractivity contribution in [1.29, 1.82) is 0 Å². The van der Waals surface area contributed by atoms with Crippen molar-refractivity contribution in [2.45, 2.75) is 58.7 Å². The predicted octanol–water partition coefficient (Wildman–Crippen LogP) is 3.31. The predicted molar refractivity (Wildman–Crippen MR) is 157 cm³/mol. The molecular weight excluding hydrogens is 536 g/mol. The Morgan fingerprint density at radius 3 is 2.05 bits per heavy atom. The van der Waals surface area contributed by atoms with E-state index >= 15 is 0 Å². The number of amides is 3. The van der Waals surface area contributed by atoms with E-state index < -0.39 is 41.8 Å². The Labute approximate surface area is 245 Å². The van der Waals surface area contributed by atoms with Gasteiger partial charge in [0.15, 0.2) is 5.69 Å². The molecule has 0 fully saturated rings. The molecule has 3 rings (SSSR count). The monoisotopic (exact) mass is 574 g/mol. The molecule has 1 heterocycles. The average Bonchev–Trinajstić information content (AvgIpc) is 3.41. The minimum absolute atomic E-state index is 0.0571. The molecule has 0 aliphatic rings. The Morgan fingerprint density at radius 2 is 1.50 bits per heavy atom. The molecule has 0 unspecified atom stereocenters. The highest BCUT2D eigenvalue weighted by atomic mass is 16.5. The molecule has 0 spiro atoms. The van der Waals surface area contributed by atoms with Crippen LogP contribution in [0.15, 0.2) is 83.4 Å². The van der Waals surface area contributed by atoms with Crippen LogP contribution in [0.4, 0.5) is 0 Å². The Hall–Kier alpha value is -4.73. The first kappa shape index (κ1) is 31.8. The lowest BCUT2D eigenvalue weighted by molar-refractivity contribution is -0.137. The molecule has 0 radical (unpaired) electrons. The molecule has 0 bridgehead atoms. The van der Waals surface area contributed by atoms with Crippen LogP contribution in [0, 0.1) is 12.8 Å². The molecule has 222 valence electrons. The lowest BCUT2D eigenvalue weighted by atomic mass is 10.00. The normalized spacial score (nSPS) is 13.3. The largest absolute Gasteiger partial charge is 0.463 e. The molecule has 1 aromatic heterocycles. The Balaban J connectivity index is 1.82. The third kappa shape index (κ3) is 10.0. The number of nitrogens with one attached hydrogen (secondary N) is 3.